The molecule has 3 rings (SSSR count). The maximum Gasteiger partial charge on any atom is 0.181 e. The number of H-pyrrole nitrogens is 1. The lowest BCUT2D eigenvalue weighted by Gasteiger charge is -2.18. The van der Waals surface area contributed by atoms with Gasteiger partial charge in [0.15, 0.2) is 5.82 Å². The fraction of sp³-hybridized carbons (Fsp3) is 0.316. The van der Waals surface area contributed by atoms with E-state index in [1.807, 2.05) is 42.5 Å². The van der Waals surface area contributed by atoms with Gasteiger partial charge in [-0.3, -0.25) is 10.1 Å². The molecule has 0 aliphatic heterocycles. The third-order valence-electron chi connectivity index (χ3n) is 4.10. The Labute approximate surface area is 164 Å². The number of anilines is 1. The number of aromatic nitrogens is 4. The van der Waals surface area contributed by atoms with Gasteiger partial charge in [0.25, 0.3) is 0 Å². The third-order valence-corrected chi connectivity index (χ3v) is 5.13. The van der Waals surface area contributed by atoms with Crippen LogP contribution in [-0.2, 0) is 9.84 Å². The average Bonchev–Trinajstić information content (AvgIpc) is 3.18. The molecule has 3 N–H and O–H groups in total. The van der Waals surface area contributed by atoms with Gasteiger partial charge >= 0.3 is 0 Å². The smallest absolute Gasteiger partial charge is 0.181 e. The molecule has 0 spiro atoms. The van der Waals surface area contributed by atoms with Crippen LogP contribution in [-0.4, -0.2) is 53.7 Å². The van der Waals surface area contributed by atoms with Gasteiger partial charge in [-0.25, -0.2) is 13.4 Å². The van der Waals surface area contributed by atoms with Crippen molar-refractivity contribution >= 4 is 15.5 Å². The van der Waals surface area contributed by atoms with Gasteiger partial charge < -0.3 is 10.6 Å². The zero-order valence-corrected chi connectivity index (χ0v) is 16.5. The summed E-state index contributed by atoms with van der Waals surface area (Å²) in [5, 5.41) is 14.1. The first-order valence-electron chi connectivity index (χ1n) is 9.04. The molecule has 9 heteroatoms. The van der Waals surface area contributed by atoms with Crippen LogP contribution in [0.1, 0.15) is 18.3 Å². The van der Waals surface area contributed by atoms with Crippen LogP contribution in [0.3, 0.4) is 0 Å². The second-order valence-corrected chi connectivity index (χ2v) is 8.79. The van der Waals surface area contributed by atoms with Crippen molar-refractivity contribution in [3.8, 4) is 11.4 Å². The van der Waals surface area contributed by atoms with Crippen molar-refractivity contribution in [3.63, 3.8) is 0 Å². The van der Waals surface area contributed by atoms with Crippen LogP contribution in [0, 0.1) is 0 Å². The number of nitrogens with one attached hydrogen (secondary N) is 3. The van der Waals surface area contributed by atoms with Gasteiger partial charge in [0.05, 0.1) is 11.8 Å². The molecule has 148 valence electrons. The lowest BCUT2D eigenvalue weighted by atomic mass is 10.2. The Hall–Kier alpha value is -2.78. The maximum atomic E-state index is 11.3. The number of nitrogens with zero attached hydrogens (tertiary/aromatic N) is 3. The molecule has 1 unspecified atom stereocenters. The lowest BCUT2D eigenvalue weighted by Crippen LogP contribution is -2.29. The fourth-order valence-electron chi connectivity index (χ4n) is 2.72. The zero-order chi connectivity index (χ0) is 19.8. The minimum absolute atomic E-state index is 0.149. The molecule has 0 bridgehead atoms. The number of rotatable bonds is 10. The second kappa shape index (κ2) is 9.43. The monoisotopic (exact) mass is 400 g/mol. The summed E-state index contributed by atoms with van der Waals surface area (Å²) in [6.45, 7) is 1.18. The average molecular weight is 401 g/mol. The van der Waals surface area contributed by atoms with Crippen molar-refractivity contribution in [3.05, 3.63) is 60.7 Å². The van der Waals surface area contributed by atoms with Crippen molar-refractivity contribution in [1.29, 1.82) is 0 Å². The minimum Gasteiger partial charge on any atom is -0.374 e. The minimum atomic E-state index is -2.94. The Morgan fingerprint density at radius 1 is 1.11 bits per heavy atom. The highest BCUT2D eigenvalue weighted by atomic mass is 32.2. The molecule has 0 aliphatic carbocycles. The Balaban J connectivity index is 1.68. The van der Waals surface area contributed by atoms with E-state index < -0.39 is 9.84 Å². The highest BCUT2D eigenvalue weighted by molar-refractivity contribution is 7.90. The summed E-state index contributed by atoms with van der Waals surface area (Å²) in [6.07, 6.45) is 5.22. The van der Waals surface area contributed by atoms with E-state index in [1.165, 1.54) is 6.26 Å². The molecule has 1 atom stereocenters. The Kier molecular flexibility index (Phi) is 6.72. The molecule has 3 aromatic rings. The van der Waals surface area contributed by atoms with Crippen LogP contribution in [0.25, 0.3) is 11.4 Å². The summed E-state index contributed by atoms with van der Waals surface area (Å²) in [5.74, 6) is 1.48. The SMILES string of the molecule is CS(=O)(=O)CCCNCC(Nc1ccccc1)c1nc(-c2ccncc2)n[nH]1. The predicted molar refractivity (Wildman–Crippen MR) is 110 cm³/mol. The van der Waals surface area contributed by atoms with Gasteiger partial charge in [0.1, 0.15) is 15.7 Å². The van der Waals surface area contributed by atoms with Gasteiger partial charge in [0.2, 0.25) is 0 Å². The van der Waals surface area contributed by atoms with E-state index in [4.69, 9.17) is 0 Å². The van der Waals surface area contributed by atoms with Crippen molar-refractivity contribution in [2.75, 3.05) is 30.4 Å². The van der Waals surface area contributed by atoms with E-state index in [9.17, 15) is 8.42 Å². The van der Waals surface area contributed by atoms with Gasteiger partial charge in [0, 0.05) is 36.4 Å². The molecule has 2 aromatic heterocycles. The number of hydrogen-bond donors (Lipinski definition) is 3. The summed E-state index contributed by atoms with van der Waals surface area (Å²) in [7, 11) is -2.94. The van der Waals surface area contributed by atoms with Crippen LogP contribution in [0.4, 0.5) is 5.69 Å². The van der Waals surface area contributed by atoms with Crippen LogP contribution in [0.2, 0.25) is 0 Å². The standard InChI is InChI=1S/C19H24N6O2S/c1-28(26,27)13-5-10-21-14-17(22-16-6-3-2-4-7-16)19-23-18(24-25-19)15-8-11-20-12-9-15/h2-4,6-9,11-12,17,21-22H,5,10,13-14H2,1H3,(H,23,24,25). The molecule has 8 nitrogen and oxygen atoms in total. The fourth-order valence-corrected chi connectivity index (χ4v) is 3.39. The summed E-state index contributed by atoms with van der Waals surface area (Å²) < 4.78 is 22.5. The first-order valence-corrected chi connectivity index (χ1v) is 11.1. The summed E-state index contributed by atoms with van der Waals surface area (Å²) in [6, 6.07) is 13.4. The largest absolute Gasteiger partial charge is 0.374 e. The van der Waals surface area contributed by atoms with Crippen LogP contribution >= 0.6 is 0 Å². The van der Waals surface area contributed by atoms with Crippen LogP contribution in [0.15, 0.2) is 54.9 Å². The van der Waals surface area contributed by atoms with E-state index in [-0.39, 0.29) is 11.8 Å². The highest BCUT2D eigenvalue weighted by Crippen LogP contribution is 2.19. The molecule has 0 saturated heterocycles. The molecule has 0 saturated carbocycles. The summed E-state index contributed by atoms with van der Waals surface area (Å²) in [4.78, 5) is 8.64. The Bertz CT molecular complexity index is 960. The number of para-hydroxylation sites is 1. The molecule has 0 amide bonds. The summed E-state index contributed by atoms with van der Waals surface area (Å²) in [5.41, 5.74) is 1.85. The molecule has 0 aliphatic rings. The normalized spacial score (nSPS) is 12.6. The topological polar surface area (TPSA) is 113 Å². The quantitative estimate of drug-likeness (QED) is 0.446. The molecule has 0 radical (unpaired) electrons. The predicted octanol–water partition coefficient (Wildman–Crippen LogP) is 2.04. The molecular formula is C19H24N6O2S. The van der Waals surface area contributed by atoms with Gasteiger partial charge in [-0.1, -0.05) is 18.2 Å². The molecule has 28 heavy (non-hydrogen) atoms. The van der Waals surface area contributed by atoms with E-state index in [0.29, 0.717) is 31.2 Å². The van der Waals surface area contributed by atoms with Gasteiger partial charge in [-0.2, -0.15) is 5.10 Å². The number of pyridine rings is 1. The molecular weight excluding hydrogens is 376 g/mol. The Morgan fingerprint density at radius 2 is 1.86 bits per heavy atom. The third kappa shape index (κ3) is 6.14. The van der Waals surface area contributed by atoms with Gasteiger partial charge in [-0.15, -0.1) is 0 Å². The van der Waals surface area contributed by atoms with Crippen molar-refractivity contribution < 1.29 is 8.42 Å². The molecule has 2 heterocycles. The first kappa shape index (κ1) is 20.0. The number of benzene rings is 1. The van der Waals surface area contributed by atoms with Crippen molar-refractivity contribution in [2.24, 2.45) is 0 Å². The van der Waals surface area contributed by atoms with E-state index in [2.05, 4.69) is 30.8 Å². The van der Waals surface area contributed by atoms with Crippen LogP contribution in [0.5, 0.6) is 0 Å². The van der Waals surface area contributed by atoms with E-state index >= 15 is 0 Å². The van der Waals surface area contributed by atoms with Crippen molar-refractivity contribution in [2.45, 2.75) is 12.5 Å². The first-order chi connectivity index (χ1) is 13.5. The van der Waals surface area contributed by atoms with E-state index in [1.54, 1.807) is 12.4 Å². The number of sulfone groups is 1. The summed E-state index contributed by atoms with van der Waals surface area (Å²) >= 11 is 0. The maximum absolute atomic E-state index is 11.3. The zero-order valence-electron chi connectivity index (χ0n) is 15.7. The lowest BCUT2D eigenvalue weighted by molar-refractivity contribution is 0.581. The highest BCUT2D eigenvalue weighted by Gasteiger charge is 2.17. The Morgan fingerprint density at radius 3 is 2.57 bits per heavy atom. The number of aromatic amines is 1. The van der Waals surface area contributed by atoms with E-state index in [0.717, 1.165) is 11.3 Å². The molecule has 1 aromatic carbocycles. The number of hydrogen-bond acceptors (Lipinski definition) is 7. The molecule has 0 fully saturated rings. The van der Waals surface area contributed by atoms with Crippen molar-refractivity contribution in [1.82, 2.24) is 25.5 Å². The second-order valence-electron chi connectivity index (χ2n) is 6.53. The van der Waals surface area contributed by atoms with Crippen LogP contribution < -0.4 is 10.6 Å². The van der Waals surface area contributed by atoms with Gasteiger partial charge in [-0.05, 0) is 37.2 Å².